The zero-order valence-corrected chi connectivity index (χ0v) is 19.4. The molecule has 0 atom stereocenters. The minimum atomic E-state index is 0.364. The van der Waals surface area contributed by atoms with Crippen molar-refractivity contribution in [2.24, 2.45) is 0 Å². The number of benzene rings is 2. The van der Waals surface area contributed by atoms with Gasteiger partial charge in [-0.1, -0.05) is 12.1 Å². The molecule has 0 fully saturated rings. The van der Waals surface area contributed by atoms with Gasteiger partial charge in [-0.2, -0.15) is 0 Å². The number of nitrogens with two attached hydrogens (primary N) is 1. The Labute approximate surface area is 191 Å². The molecule has 0 aliphatic heterocycles. The fraction of sp³-hybridized carbons (Fsp3) is 0.261. The van der Waals surface area contributed by atoms with E-state index in [0.717, 1.165) is 28.0 Å². The Morgan fingerprint density at radius 1 is 1.03 bits per heavy atom. The van der Waals surface area contributed by atoms with Gasteiger partial charge in [0.15, 0.2) is 22.1 Å². The first-order chi connectivity index (χ1) is 15.5. The lowest BCUT2D eigenvalue weighted by Crippen LogP contribution is -2.08. The summed E-state index contributed by atoms with van der Waals surface area (Å²) >= 11 is 1.49. The summed E-state index contributed by atoms with van der Waals surface area (Å²) in [6.45, 7) is 0.697. The number of ether oxygens (including phenoxy) is 2. The number of rotatable bonds is 8. The second-order valence-electron chi connectivity index (χ2n) is 7.41. The maximum absolute atomic E-state index is 6.10. The Bertz CT molecular complexity index is 1220. The maximum atomic E-state index is 6.10. The first-order valence-corrected chi connectivity index (χ1v) is 10.9. The Balaban J connectivity index is 1.69. The number of nitrogen functional groups attached to an aromatic ring is 1. The van der Waals surface area contributed by atoms with Crippen molar-refractivity contribution in [1.29, 1.82) is 0 Å². The van der Waals surface area contributed by atoms with E-state index < -0.39 is 0 Å². The number of fused-ring (bicyclic) bond motifs is 1. The van der Waals surface area contributed by atoms with E-state index >= 15 is 0 Å². The van der Waals surface area contributed by atoms with Crippen LogP contribution in [0.2, 0.25) is 0 Å². The van der Waals surface area contributed by atoms with Gasteiger partial charge in [0.2, 0.25) is 0 Å². The van der Waals surface area contributed by atoms with Crippen LogP contribution in [0.4, 0.5) is 11.5 Å². The van der Waals surface area contributed by atoms with Crippen LogP contribution in [0.25, 0.3) is 11.2 Å². The predicted octanol–water partition coefficient (Wildman–Crippen LogP) is 3.89. The van der Waals surface area contributed by atoms with Crippen LogP contribution in [0.15, 0.2) is 58.8 Å². The van der Waals surface area contributed by atoms with Crippen molar-refractivity contribution in [2.75, 3.05) is 38.9 Å². The lowest BCUT2D eigenvalue weighted by molar-refractivity contribution is 0.394. The fourth-order valence-electron chi connectivity index (χ4n) is 3.38. The average molecular weight is 451 g/mol. The second-order valence-corrected chi connectivity index (χ2v) is 8.42. The highest BCUT2D eigenvalue weighted by atomic mass is 32.2. The van der Waals surface area contributed by atoms with Crippen molar-refractivity contribution in [3.05, 3.63) is 54.4 Å². The molecule has 2 heterocycles. The predicted molar refractivity (Wildman–Crippen MR) is 128 cm³/mol. The Hall–Kier alpha value is -3.46. The summed E-state index contributed by atoms with van der Waals surface area (Å²) in [5.41, 5.74) is 9.81. The van der Waals surface area contributed by atoms with E-state index in [2.05, 4.69) is 43.7 Å². The lowest BCUT2D eigenvalue weighted by atomic mass is 10.1. The number of aromatic nitrogens is 4. The van der Waals surface area contributed by atoms with Gasteiger partial charge in [-0.25, -0.2) is 15.0 Å². The fourth-order valence-corrected chi connectivity index (χ4v) is 4.43. The van der Waals surface area contributed by atoms with Crippen LogP contribution in [0.1, 0.15) is 5.56 Å². The molecule has 32 heavy (non-hydrogen) atoms. The van der Waals surface area contributed by atoms with Crippen LogP contribution in [0.3, 0.4) is 0 Å². The molecule has 0 amide bonds. The molecule has 4 aromatic rings. The van der Waals surface area contributed by atoms with E-state index in [0.29, 0.717) is 23.5 Å². The number of nitrogens with zero attached hydrogens (tertiary/aromatic N) is 5. The van der Waals surface area contributed by atoms with Crippen molar-refractivity contribution in [3.63, 3.8) is 0 Å². The van der Waals surface area contributed by atoms with Crippen LogP contribution >= 0.6 is 11.8 Å². The van der Waals surface area contributed by atoms with Crippen LogP contribution < -0.4 is 20.1 Å². The summed E-state index contributed by atoms with van der Waals surface area (Å²) in [5.74, 6) is 1.85. The number of methoxy groups -OCH3 is 2. The molecule has 0 saturated heterocycles. The van der Waals surface area contributed by atoms with E-state index in [-0.39, 0.29) is 0 Å². The van der Waals surface area contributed by atoms with E-state index in [1.54, 1.807) is 14.2 Å². The summed E-state index contributed by atoms with van der Waals surface area (Å²) < 4.78 is 13.0. The van der Waals surface area contributed by atoms with Gasteiger partial charge in [0.05, 0.1) is 19.1 Å². The monoisotopic (exact) mass is 450 g/mol. The SMILES string of the molecule is COc1ccc(OC)c(Sc2nc3c(N)ncnc3n2CCc2ccc(N(C)C)cc2)c1. The van der Waals surface area contributed by atoms with Gasteiger partial charge in [-0.15, -0.1) is 0 Å². The lowest BCUT2D eigenvalue weighted by Gasteiger charge is -2.13. The zero-order chi connectivity index (χ0) is 22.7. The zero-order valence-electron chi connectivity index (χ0n) is 18.6. The number of hydrogen-bond acceptors (Lipinski definition) is 8. The molecule has 0 unspecified atom stereocenters. The second kappa shape index (κ2) is 9.35. The molecular weight excluding hydrogens is 424 g/mol. The van der Waals surface area contributed by atoms with Gasteiger partial charge < -0.3 is 24.7 Å². The third kappa shape index (κ3) is 4.43. The van der Waals surface area contributed by atoms with Crippen LogP contribution in [-0.4, -0.2) is 47.8 Å². The van der Waals surface area contributed by atoms with Gasteiger partial charge in [-0.05, 0) is 54.1 Å². The molecule has 0 radical (unpaired) electrons. The summed E-state index contributed by atoms with van der Waals surface area (Å²) in [7, 11) is 7.36. The third-order valence-corrected chi connectivity index (χ3v) is 6.21. The number of aryl methyl sites for hydroxylation is 2. The van der Waals surface area contributed by atoms with Crippen molar-refractivity contribution in [1.82, 2.24) is 19.5 Å². The normalized spacial score (nSPS) is 11.0. The topological polar surface area (TPSA) is 91.3 Å². The Kier molecular flexibility index (Phi) is 6.36. The Morgan fingerprint density at radius 2 is 1.81 bits per heavy atom. The smallest absolute Gasteiger partial charge is 0.175 e. The molecule has 4 rings (SSSR count). The maximum Gasteiger partial charge on any atom is 0.175 e. The quantitative estimate of drug-likeness (QED) is 0.432. The summed E-state index contributed by atoms with van der Waals surface area (Å²) in [6.07, 6.45) is 2.30. The summed E-state index contributed by atoms with van der Waals surface area (Å²) in [5, 5.41) is 0.767. The molecule has 0 saturated carbocycles. The standard InChI is InChI=1S/C23H26N6O2S/c1-28(2)16-7-5-15(6-8-16)11-12-29-22-20(21(24)25-14-26-22)27-23(29)32-19-13-17(30-3)9-10-18(19)31-4/h5-10,13-14H,11-12H2,1-4H3,(H2,24,25,26). The largest absolute Gasteiger partial charge is 0.497 e. The Morgan fingerprint density at radius 3 is 2.50 bits per heavy atom. The number of anilines is 2. The highest BCUT2D eigenvalue weighted by molar-refractivity contribution is 7.99. The van der Waals surface area contributed by atoms with Gasteiger partial charge in [0, 0.05) is 26.3 Å². The highest BCUT2D eigenvalue weighted by Gasteiger charge is 2.18. The van der Waals surface area contributed by atoms with Gasteiger partial charge in [0.1, 0.15) is 17.8 Å². The molecule has 0 aliphatic rings. The van der Waals surface area contributed by atoms with E-state index in [4.69, 9.17) is 20.2 Å². The van der Waals surface area contributed by atoms with Gasteiger partial charge in [0.25, 0.3) is 0 Å². The minimum absolute atomic E-state index is 0.364. The molecule has 2 aromatic heterocycles. The molecule has 0 spiro atoms. The number of hydrogen-bond donors (Lipinski definition) is 1. The average Bonchev–Trinajstić information content (AvgIpc) is 3.16. The summed E-state index contributed by atoms with van der Waals surface area (Å²) in [4.78, 5) is 16.3. The van der Waals surface area contributed by atoms with Gasteiger partial charge in [-0.3, -0.25) is 0 Å². The van der Waals surface area contributed by atoms with E-state index in [1.807, 2.05) is 32.3 Å². The first kappa shape index (κ1) is 21.8. The number of imidazole rings is 1. The molecule has 0 bridgehead atoms. The van der Waals surface area contributed by atoms with Crippen LogP contribution in [0, 0.1) is 0 Å². The van der Waals surface area contributed by atoms with E-state index in [1.165, 1.54) is 29.3 Å². The van der Waals surface area contributed by atoms with Crippen molar-refractivity contribution in [3.8, 4) is 11.5 Å². The van der Waals surface area contributed by atoms with Crippen molar-refractivity contribution >= 4 is 34.4 Å². The first-order valence-electron chi connectivity index (χ1n) is 10.1. The van der Waals surface area contributed by atoms with Gasteiger partial charge >= 0.3 is 0 Å². The van der Waals surface area contributed by atoms with Crippen molar-refractivity contribution in [2.45, 2.75) is 23.0 Å². The van der Waals surface area contributed by atoms with Crippen LogP contribution in [-0.2, 0) is 13.0 Å². The molecule has 166 valence electrons. The molecule has 8 nitrogen and oxygen atoms in total. The molecule has 0 aliphatic carbocycles. The van der Waals surface area contributed by atoms with Crippen LogP contribution in [0.5, 0.6) is 11.5 Å². The molecule has 9 heteroatoms. The highest BCUT2D eigenvalue weighted by Crippen LogP contribution is 2.38. The molecular formula is C23H26N6O2S. The van der Waals surface area contributed by atoms with E-state index in [9.17, 15) is 0 Å². The third-order valence-electron chi connectivity index (χ3n) is 5.17. The molecule has 2 N–H and O–H groups in total. The minimum Gasteiger partial charge on any atom is -0.497 e. The van der Waals surface area contributed by atoms with Crippen molar-refractivity contribution < 1.29 is 9.47 Å². The molecule has 2 aromatic carbocycles. The summed E-state index contributed by atoms with van der Waals surface area (Å²) in [6, 6.07) is 14.2.